The topological polar surface area (TPSA) is 63.6 Å². The Bertz CT molecular complexity index is 768. The van der Waals surface area contributed by atoms with E-state index >= 15 is 0 Å². The monoisotopic (exact) mass is 296 g/mol. The van der Waals surface area contributed by atoms with Crippen LogP contribution in [0.2, 0.25) is 0 Å². The largest absolute Gasteiger partial charge is 0.488 e. The molecule has 0 aromatic heterocycles. The molecule has 0 saturated carbocycles. The van der Waals surface area contributed by atoms with E-state index in [1.54, 1.807) is 6.08 Å². The van der Waals surface area contributed by atoms with Crippen molar-refractivity contribution >= 4 is 17.3 Å². The second kappa shape index (κ2) is 4.83. The quantitative estimate of drug-likeness (QED) is 0.864. The molecule has 22 heavy (non-hydrogen) atoms. The number of allylic oxidation sites excluding steroid dienone is 1. The molecule has 1 heterocycles. The molecule has 3 aliphatic rings. The number of hydrogen-bond acceptors (Lipinski definition) is 3. The first-order valence-corrected chi connectivity index (χ1v) is 7.62. The summed E-state index contributed by atoms with van der Waals surface area (Å²) in [5, 5.41) is 9.14. The van der Waals surface area contributed by atoms with Crippen LogP contribution in [0.3, 0.4) is 0 Å². The average molecular weight is 296 g/mol. The Morgan fingerprint density at radius 2 is 1.95 bits per heavy atom. The van der Waals surface area contributed by atoms with Gasteiger partial charge < -0.3 is 9.84 Å². The zero-order valence-electron chi connectivity index (χ0n) is 12.1. The van der Waals surface area contributed by atoms with Gasteiger partial charge in [0, 0.05) is 23.1 Å². The van der Waals surface area contributed by atoms with E-state index in [-0.39, 0.29) is 5.78 Å². The normalized spacial score (nSPS) is 19.6. The lowest BCUT2D eigenvalue weighted by atomic mass is 9.82. The van der Waals surface area contributed by atoms with Crippen molar-refractivity contribution in [3.8, 4) is 5.75 Å². The number of carboxylic acid groups (broad SMARTS) is 1. The third kappa shape index (κ3) is 1.98. The Morgan fingerprint density at radius 1 is 1.09 bits per heavy atom. The highest BCUT2D eigenvalue weighted by Crippen LogP contribution is 2.42. The minimum absolute atomic E-state index is 0.198. The third-order valence-electron chi connectivity index (χ3n) is 4.72. The summed E-state index contributed by atoms with van der Waals surface area (Å²) in [6.07, 6.45) is 5.45. The standard InChI is InChI=1S/C18H16O4/c19-16-3-1-2-10-7-15-13-5-4-11(18(20)21)6-12(13)9-22-17(15)8-14(10)16/h6-8H,1-5,9H2,(H,20,21). The predicted octanol–water partition coefficient (Wildman–Crippen LogP) is 3.16. The first kappa shape index (κ1) is 13.3. The van der Waals surface area contributed by atoms with Crippen molar-refractivity contribution in [3.63, 3.8) is 0 Å². The number of fused-ring (bicyclic) bond motifs is 3. The maximum absolute atomic E-state index is 12.0. The molecule has 0 unspecified atom stereocenters. The Hall–Kier alpha value is -2.36. The van der Waals surface area contributed by atoms with Crippen LogP contribution in [0.4, 0.5) is 0 Å². The summed E-state index contributed by atoms with van der Waals surface area (Å²) in [6, 6.07) is 3.96. The molecule has 0 radical (unpaired) electrons. The molecule has 0 spiro atoms. The maximum Gasteiger partial charge on any atom is 0.331 e. The van der Waals surface area contributed by atoms with Gasteiger partial charge in [-0.2, -0.15) is 0 Å². The maximum atomic E-state index is 12.0. The summed E-state index contributed by atoms with van der Waals surface area (Å²) < 4.78 is 5.79. The summed E-state index contributed by atoms with van der Waals surface area (Å²) in [4.78, 5) is 23.2. The summed E-state index contributed by atoms with van der Waals surface area (Å²) in [6.45, 7) is 0.381. The van der Waals surface area contributed by atoms with Crippen molar-refractivity contribution in [1.29, 1.82) is 0 Å². The molecule has 0 bridgehead atoms. The van der Waals surface area contributed by atoms with Crippen LogP contribution in [0.25, 0.3) is 5.57 Å². The highest BCUT2D eigenvalue weighted by molar-refractivity contribution is 6.00. The van der Waals surface area contributed by atoms with Gasteiger partial charge in [-0.1, -0.05) is 0 Å². The van der Waals surface area contributed by atoms with Gasteiger partial charge in [-0.3, -0.25) is 4.79 Å². The number of ketones is 1. The van der Waals surface area contributed by atoms with Crippen LogP contribution >= 0.6 is 0 Å². The second-order valence-corrected chi connectivity index (χ2v) is 6.05. The molecular formula is C18H16O4. The van der Waals surface area contributed by atoms with Crippen molar-refractivity contribution in [2.24, 2.45) is 0 Å². The van der Waals surface area contributed by atoms with Gasteiger partial charge in [-0.05, 0) is 60.6 Å². The van der Waals surface area contributed by atoms with E-state index in [1.165, 1.54) is 5.57 Å². The molecule has 0 atom stereocenters. The lowest BCUT2D eigenvalue weighted by molar-refractivity contribution is -0.132. The first-order chi connectivity index (χ1) is 10.6. The van der Waals surface area contributed by atoms with Crippen molar-refractivity contribution in [3.05, 3.63) is 46.0 Å². The number of hydrogen-bond donors (Lipinski definition) is 1. The zero-order valence-corrected chi connectivity index (χ0v) is 12.1. The molecule has 1 aliphatic heterocycles. The minimum Gasteiger partial charge on any atom is -0.488 e. The van der Waals surface area contributed by atoms with Gasteiger partial charge in [-0.15, -0.1) is 0 Å². The third-order valence-corrected chi connectivity index (χ3v) is 4.72. The Morgan fingerprint density at radius 3 is 2.77 bits per heavy atom. The van der Waals surface area contributed by atoms with Crippen molar-refractivity contribution in [2.45, 2.75) is 32.1 Å². The molecule has 0 saturated heterocycles. The van der Waals surface area contributed by atoms with Crippen LogP contribution in [0.5, 0.6) is 5.75 Å². The molecule has 0 fully saturated rings. The van der Waals surface area contributed by atoms with Crippen molar-refractivity contribution in [1.82, 2.24) is 0 Å². The molecule has 1 aromatic rings. The summed E-state index contributed by atoms with van der Waals surface area (Å²) in [7, 11) is 0. The Balaban J connectivity index is 1.83. The number of Topliss-reactive ketones (excluding diaryl/α,β-unsaturated/α-hetero) is 1. The van der Waals surface area contributed by atoms with Crippen molar-refractivity contribution in [2.75, 3.05) is 6.61 Å². The fraction of sp³-hybridized carbons (Fsp3) is 0.333. The van der Waals surface area contributed by atoms with E-state index < -0.39 is 5.97 Å². The minimum atomic E-state index is -0.853. The molecule has 112 valence electrons. The molecule has 4 heteroatoms. The van der Waals surface area contributed by atoms with E-state index in [2.05, 4.69) is 6.07 Å². The van der Waals surface area contributed by atoms with E-state index in [1.807, 2.05) is 6.07 Å². The smallest absolute Gasteiger partial charge is 0.331 e. The molecular weight excluding hydrogens is 280 g/mol. The van der Waals surface area contributed by atoms with E-state index in [9.17, 15) is 9.59 Å². The van der Waals surface area contributed by atoms with Crippen LogP contribution in [0, 0.1) is 0 Å². The van der Waals surface area contributed by atoms with Gasteiger partial charge in [0.25, 0.3) is 0 Å². The van der Waals surface area contributed by atoms with E-state index in [0.717, 1.165) is 47.3 Å². The van der Waals surface area contributed by atoms with Crippen LogP contribution in [-0.4, -0.2) is 23.5 Å². The number of benzene rings is 1. The zero-order chi connectivity index (χ0) is 15.3. The molecule has 1 aromatic carbocycles. The number of aryl methyl sites for hydroxylation is 1. The first-order valence-electron chi connectivity index (χ1n) is 7.62. The lowest BCUT2D eigenvalue weighted by Gasteiger charge is -2.28. The van der Waals surface area contributed by atoms with Gasteiger partial charge in [0.1, 0.15) is 12.4 Å². The number of carbonyl (C=O) groups excluding carboxylic acids is 1. The fourth-order valence-corrected chi connectivity index (χ4v) is 3.57. The lowest BCUT2D eigenvalue weighted by Crippen LogP contribution is -2.18. The van der Waals surface area contributed by atoms with E-state index in [0.29, 0.717) is 25.0 Å². The Labute approximate surface area is 128 Å². The van der Waals surface area contributed by atoms with Crippen LogP contribution in [-0.2, 0) is 11.2 Å². The number of carbonyl (C=O) groups is 2. The SMILES string of the molecule is O=C(O)C1=CC2=C(CC1)c1cc3c(cc1OC2)C(=O)CCC3. The van der Waals surface area contributed by atoms with E-state index in [4.69, 9.17) is 9.84 Å². The average Bonchev–Trinajstić information content (AvgIpc) is 2.53. The summed E-state index contributed by atoms with van der Waals surface area (Å²) >= 11 is 0. The second-order valence-electron chi connectivity index (χ2n) is 6.05. The van der Waals surface area contributed by atoms with Crippen LogP contribution in [0.1, 0.15) is 47.2 Å². The molecule has 0 amide bonds. The number of aliphatic carboxylic acids is 1. The number of rotatable bonds is 1. The fourth-order valence-electron chi connectivity index (χ4n) is 3.57. The molecule has 2 aliphatic carbocycles. The van der Waals surface area contributed by atoms with Crippen LogP contribution in [0.15, 0.2) is 29.4 Å². The number of ether oxygens (including phenoxy) is 1. The molecule has 4 nitrogen and oxygen atoms in total. The highest BCUT2D eigenvalue weighted by atomic mass is 16.5. The van der Waals surface area contributed by atoms with Crippen molar-refractivity contribution < 1.29 is 19.4 Å². The van der Waals surface area contributed by atoms with Gasteiger partial charge >= 0.3 is 5.97 Å². The van der Waals surface area contributed by atoms with Gasteiger partial charge in [0.2, 0.25) is 0 Å². The Kier molecular flexibility index (Phi) is 2.93. The summed E-state index contributed by atoms with van der Waals surface area (Å²) in [5.74, 6) is 0.109. The molecule has 4 rings (SSSR count). The highest BCUT2D eigenvalue weighted by Gasteiger charge is 2.27. The molecule has 1 N–H and O–H groups in total. The summed E-state index contributed by atoms with van der Waals surface area (Å²) in [5.41, 5.74) is 5.51. The van der Waals surface area contributed by atoms with Gasteiger partial charge in [0.05, 0.1) is 0 Å². The van der Waals surface area contributed by atoms with Gasteiger partial charge in [0.15, 0.2) is 5.78 Å². The van der Waals surface area contributed by atoms with Gasteiger partial charge in [-0.25, -0.2) is 4.79 Å². The number of carboxylic acids is 1. The predicted molar refractivity (Wildman–Crippen MR) is 81.1 cm³/mol. The van der Waals surface area contributed by atoms with Crippen LogP contribution < -0.4 is 4.74 Å².